The molecule has 0 radical (unpaired) electrons. The lowest BCUT2D eigenvalue weighted by Crippen LogP contribution is -2.32. The summed E-state index contributed by atoms with van der Waals surface area (Å²) < 4.78 is 66.7. The Balaban J connectivity index is 1.14. The fraction of sp³-hybridized carbons (Fsp3) is 0.579. The third-order valence-corrected chi connectivity index (χ3v) is 8.48. The summed E-state index contributed by atoms with van der Waals surface area (Å²) in [5, 5.41) is 34.8. The smallest absolute Gasteiger partial charge is 0.386 e. The molecule has 0 aliphatic carbocycles. The summed E-state index contributed by atoms with van der Waals surface area (Å²) in [6.07, 6.45) is -13.8. The molecule has 8 N–H and O–H groups in total. The molecule has 4 aromatic rings. The Hall–Kier alpha value is -3.64. The van der Waals surface area contributed by atoms with Crippen LogP contribution in [-0.4, -0.2) is 110 Å². The van der Waals surface area contributed by atoms with E-state index in [9.17, 15) is 28.8 Å². The molecule has 0 spiro atoms. The first kappa shape index (κ1) is 30.4. The molecule has 0 amide bonds. The number of nitrogens with one attached hydrogen (secondary N) is 2. The Morgan fingerprint density at radius 2 is 1.50 bits per heavy atom. The van der Waals surface area contributed by atoms with Crippen molar-refractivity contribution in [2.24, 2.45) is 0 Å². The van der Waals surface area contributed by atoms with Crippen LogP contribution in [0.1, 0.15) is 18.9 Å². The number of nitrogen functional groups attached to an aromatic ring is 2. The highest BCUT2D eigenvalue weighted by atomic mass is 32.7. The van der Waals surface area contributed by atoms with Crippen molar-refractivity contribution in [3.63, 3.8) is 0 Å². The van der Waals surface area contributed by atoms with Crippen molar-refractivity contribution in [1.29, 1.82) is 0 Å². The summed E-state index contributed by atoms with van der Waals surface area (Å²) in [7, 11) is 0. The molecular formula is C19H23F2N12O9PS. The van der Waals surface area contributed by atoms with Gasteiger partial charge in [-0.25, -0.2) is 13.3 Å². The van der Waals surface area contributed by atoms with Gasteiger partial charge in [0, 0.05) is 6.42 Å². The van der Waals surface area contributed by atoms with E-state index in [2.05, 4.69) is 52.8 Å². The standard InChI is InChI=1S/C19H23F2N12O9PS/c20-6-4(40-16(10(6)35)32-12-8(28-30-32)14(36)26-18(22)24-12)1-2-39-43(38,44)42-11-7(21)5(3-34)41-17(11)33-13-9(29-31-33)15(37)27-19(23)25-13/h4-7,10-11,16-17,34-35H,1-3H2,(H,38,44)(H3,22,24,26,36)(H3,23,25,27,37)/t4-,5-,6-,7-,10-,11-,16-,17-,43?/m1/s1. The van der Waals surface area contributed by atoms with Gasteiger partial charge in [-0.15, -0.1) is 10.2 Å². The van der Waals surface area contributed by atoms with Gasteiger partial charge in [-0.1, -0.05) is 22.7 Å². The third kappa shape index (κ3) is 5.32. The first-order valence-corrected chi connectivity index (χ1v) is 15.3. The van der Waals surface area contributed by atoms with Gasteiger partial charge >= 0.3 is 6.80 Å². The van der Waals surface area contributed by atoms with E-state index in [1.165, 1.54) is 0 Å². The number of H-pyrrole nitrogens is 2. The molecule has 0 saturated carbocycles. The van der Waals surface area contributed by atoms with Crippen molar-refractivity contribution in [2.45, 2.75) is 55.6 Å². The number of nitrogens with zero attached hydrogens (tertiary/aromatic N) is 8. The zero-order chi connectivity index (χ0) is 31.5. The average Bonchev–Trinajstić information content (AvgIpc) is 3.70. The van der Waals surface area contributed by atoms with Crippen LogP contribution in [0.3, 0.4) is 0 Å². The number of anilines is 2. The number of thiol groups is 1. The predicted octanol–water partition coefficient (Wildman–Crippen LogP) is -2.14. The maximum Gasteiger partial charge on any atom is 0.386 e. The Morgan fingerprint density at radius 1 is 0.955 bits per heavy atom. The lowest BCUT2D eigenvalue weighted by atomic mass is 10.1. The monoisotopic (exact) mass is 664 g/mol. The van der Waals surface area contributed by atoms with Crippen LogP contribution in [-0.2, 0) is 23.1 Å². The fourth-order valence-corrected chi connectivity index (χ4v) is 6.31. The molecule has 25 heteroatoms. The Bertz CT molecular complexity index is 1870. The summed E-state index contributed by atoms with van der Waals surface area (Å²) in [4.78, 5) is 36.4. The highest BCUT2D eigenvalue weighted by molar-refractivity contribution is 8.44. The fourth-order valence-electron chi connectivity index (χ4n) is 4.82. The number of hydrogen-bond donors (Lipinski definition) is 7. The number of aromatic amines is 2. The predicted molar refractivity (Wildman–Crippen MR) is 143 cm³/mol. The molecule has 0 bridgehead atoms. The summed E-state index contributed by atoms with van der Waals surface area (Å²) in [5.74, 6) is -0.578. The minimum absolute atomic E-state index is 0.161. The number of rotatable bonds is 9. The minimum Gasteiger partial charge on any atom is -0.394 e. The maximum atomic E-state index is 15.2. The first-order chi connectivity index (χ1) is 20.9. The second-order valence-corrected chi connectivity index (χ2v) is 12.5. The molecule has 1 unspecified atom stereocenters. The third-order valence-electron chi connectivity index (χ3n) is 6.83. The lowest BCUT2D eigenvalue weighted by Gasteiger charge is -2.23. The molecule has 6 rings (SSSR count). The number of ether oxygens (including phenoxy) is 2. The Labute approximate surface area is 246 Å². The second kappa shape index (κ2) is 11.4. The van der Waals surface area contributed by atoms with Crippen molar-refractivity contribution in [3.05, 3.63) is 20.7 Å². The van der Waals surface area contributed by atoms with E-state index in [4.69, 9.17) is 30.0 Å². The SMILES string of the molecule is Nc1nc2c(nnn2[C@@H]2O[C@H](CCOP(=O)(S)O[C@@H]3[C@H](F)[C@@H](CO)O[C@H]3n3nnc4c(=O)[nH]c(N)nc43)[C@@H](F)[C@H]2O)c(=O)[nH]1. The Kier molecular flexibility index (Phi) is 7.86. The van der Waals surface area contributed by atoms with Crippen molar-refractivity contribution in [2.75, 3.05) is 24.7 Å². The van der Waals surface area contributed by atoms with E-state index in [-0.39, 0.29) is 40.6 Å². The van der Waals surface area contributed by atoms with Gasteiger partial charge in [0.25, 0.3) is 11.1 Å². The summed E-state index contributed by atoms with van der Waals surface area (Å²) >= 11 is 3.88. The van der Waals surface area contributed by atoms with Gasteiger partial charge in [0.2, 0.25) is 11.9 Å². The van der Waals surface area contributed by atoms with E-state index in [0.29, 0.717) is 0 Å². The van der Waals surface area contributed by atoms with Gasteiger partial charge in [-0.05, 0) is 0 Å². The first-order valence-electron chi connectivity index (χ1n) is 12.6. The van der Waals surface area contributed by atoms with E-state index >= 15 is 4.39 Å². The van der Waals surface area contributed by atoms with Crippen molar-refractivity contribution < 1.29 is 42.1 Å². The molecule has 2 saturated heterocycles. The van der Waals surface area contributed by atoms with Crippen LogP contribution in [0.25, 0.3) is 22.3 Å². The minimum atomic E-state index is -4.45. The molecule has 2 aliphatic heterocycles. The molecule has 238 valence electrons. The highest BCUT2D eigenvalue weighted by Crippen LogP contribution is 2.57. The van der Waals surface area contributed by atoms with E-state index in [1.807, 2.05) is 0 Å². The second-order valence-electron chi connectivity index (χ2n) is 9.67. The van der Waals surface area contributed by atoms with Crippen LogP contribution in [0.5, 0.6) is 0 Å². The van der Waals surface area contributed by atoms with Gasteiger partial charge in [0.1, 0.15) is 18.3 Å². The number of hydrogen-bond acceptors (Lipinski definition) is 17. The van der Waals surface area contributed by atoms with Crippen molar-refractivity contribution in [1.82, 2.24) is 49.9 Å². The normalized spacial score (nSPS) is 30.4. The molecule has 2 fully saturated rings. The molecule has 44 heavy (non-hydrogen) atoms. The molecule has 0 aromatic carbocycles. The zero-order valence-electron chi connectivity index (χ0n) is 21.9. The number of halogens is 2. The number of alkyl halides is 2. The van der Waals surface area contributed by atoms with Crippen LogP contribution in [0, 0.1) is 0 Å². The van der Waals surface area contributed by atoms with Crippen molar-refractivity contribution >= 4 is 53.3 Å². The topological polar surface area (TPSA) is 299 Å². The van der Waals surface area contributed by atoms with Crippen LogP contribution in [0.4, 0.5) is 20.7 Å². The number of nitrogens with two attached hydrogens (primary N) is 2. The molecule has 2 aliphatic rings. The van der Waals surface area contributed by atoms with Gasteiger partial charge in [0.05, 0.1) is 19.3 Å². The quantitative estimate of drug-likeness (QED) is 0.0742. The average molecular weight is 665 g/mol. The number of aliphatic hydroxyl groups excluding tert-OH is 2. The molecule has 21 nitrogen and oxygen atoms in total. The van der Waals surface area contributed by atoms with E-state index in [1.54, 1.807) is 0 Å². The summed E-state index contributed by atoms with van der Waals surface area (Å²) in [5.41, 5.74) is 8.82. The van der Waals surface area contributed by atoms with Gasteiger partial charge in [-0.3, -0.25) is 24.1 Å². The van der Waals surface area contributed by atoms with Gasteiger partial charge in [0.15, 0.2) is 47.1 Å². The number of aliphatic hydroxyl groups is 2. The molecule has 4 aromatic heterocycles. The largest absolute Gasteiger partial charge is 0.394 e. The summed E-state index contributed by atoms with van der Waals surface area (Å²) in [6.45, 7) is -5.78. The maximum absolute atomic E-state index is 15.2. The van der Waals surface area contributed by atoms with Crippen LogP contribution in [0.2, 0.25) is 0 Å². The number of aromatic nitrogens is 10. The number of fused-ring (bicyclic) bond motifs is 2. The molecule has 9 atom stereocenters. The van der Waals surface area contributed by atoms with Crippen LogP contribution >= 0.6 is 19.0 Å². The van der Waals surface area contributed by atoms with Gasteiger partial charge in [-0.2, -0.15) is 19.3 Å². The van der Waals surface area contributed by atoms with Gasteiger partial charge < -0.3 is 35.7 Å². The van der Waals surface area contributed by atoms with Crippen LogP contribution in [0.15, 0.2) is 9.59 Å². The lowest BCUT2D eigenvalue weighted by molar-refractivity contribution is -0.0546. The van der Waals surface area contributed by atoms with E-state index < -0.39 is 80.3 Å². The molecule has 6 heterocycles. The summed E-state index contributed by atoms with van der Waals surface area (Å²) in [6, 6.07) is 0. The van der Waals surface area contributed by atoms with Crippen molar-refractivity contribution in [3.8, 4) is 0 Å². The highest BCUT2D eigenvalue weighted by Gasteiger charge is 2.51. The molecular weight excluding hydrogens is 641 g/mol. The Morgan fingerprint density at radius 3 is 2.07 bits per heavy atom. The zero-order valence-corrected chi connectivity index (χ0v) is 23.7. The van der Waals surface area contributed by atoms with E-state index in [0.717, 1.165) is 9.36 Å². The van der Waals surface area contributed by atoms with Crippen LogP contribution < -0.4 is 22.6 Å².